The van der Waals surface area contributed by atoms with Crippen LogP contribution in [0.15, 0.2) is 36.5 Å². The molecule has 1 aliphatic heterocycles. The van der Waals surface area contributed by atoms with Crippen molar-refractivity contribution in [1.29, 1.82) is 0 Å². The molecule has 27 heavy (non-hydrogen) atoms. The number of fused-ring (bicyclic) bond motifs is 2. The SMILES string of the molecule is Fc1ccc2c(C3CN(CCc4nnc5c(F)ccc(F)n45)C3)c[nH]c2c1. The number of benzene rings is 1. The van der Waals surface area contributed by atoms with Gasteiger partial charge in [0.25, 0.3) is 0 Å². The van der Waals surface area contributed by atoms with E-state index in [2.05, 4.69) is 20.1 Å². The van der Waals surface area contributed by atoms with Crippen molar-refractivity contribution in [2.45, 2.75) is 12.3 Å². The Morgan fingerprint density at radius 3 is 2.78 bits per heavy atom. The van der Waals surface area contributed by atoms with E-state index in [1.165, 1.54) is 17.7 Å². The molecule has 4 heterocycles. The average Bonchev–Trinajstić information content (AvgIpc) is 3.22. The maximum atomic E-state index is 14.0. The number of H-pyrrole nitrogens is 1. The minimum atomic E-state index is -0.588. The summed E-state index contributed by atoms with van der Waals surface area (Å²) in [5, 5.41) is 8.72. The zero-order valence-corrected chi connectivity index (χ0v) is 14.3. The van der Waals surface area contributed by atoms with E-state index in [0.717, 1.165) is 40.5 Å². The highest BCUT2D eigenvalue weighted by atomic mass is 19.1. The Morgan fingerprint density at radius 2 is 1.93 bits per heavy atom. The van der Waals surface area contributed by atoms with Gasteiger partial charge in [0.15, 0.2) is 11.5 Å². The van der Waals surface area contributed by atoms with E-state index in [4.69, 9.17) is 0 Å². The van der Waals surface area contributed by atoms with Crippen molar-refractivity contribution in [3.63, 3.8) is 0 Å². The molecular formula is C19H16F3N5. The fraction of sp³-hybridized carbons (Fsp3) is 0.263. The highest BCUT2D eigenvalue weighted by molar-refractivity contribution is 5.84. The molecule has 0 amide bonds. The molecule has 5 nitrogen and oxygen atoms in total. The second-order valence-corrected chi connectivity index (χ2v) is 6.92. The third-order valence-electron chi connectivity index (χ3n) is 5.25. The Balaban J connectivity index is 1.26. The van der Waals surface area contributed by atoms with E-state index in [1.807, 2.05) is 6.20 Å². The van der Waals surface area contributed by atoms with Crippen molar-refractivity contribution in [1.82, 2.24) is 24.5 Å². The Hall–Kier alpha value is -2.87. The maximum Gasteiger partial charge on any atom is 0.201 e. The van der Waals surface area contributed by atoms with E-state index in [-0.39, 0.29) is 11.5 Å². The van der Waals surface area contributed by atoms with Gasteiger partial charge in [0.2, 0.25) is 5.95 Å². The van der Waals surface area contributed by atoms with Gasteiger partial charge in [-0.1, -0.05) is 0 Å². The van der Waals surface area contributed by atoms with Crippen LogP contribution in [0.3, 0.4) is 0 Å². The number of halogens is 3. The van der Waals surface area contributed by atoms with Gasteiger partial charge in [0.1, 0.15) is 11.6 Å². The first-order valence-electron chi connectivity index (χ1n) is 8.77. The van der Waals surface area contributed by atoms with Crippen molar-refractivity contribution < 1.29 is 13.2 Å². The normalized spacial score (nSPS) is 15.7. The van der Waals surface area contributed by atoms with E-state index in [1.54, 1.807) is 6.07 Å². The third-order valence-corrected chi connectivity index (χ3v) is 5.25. The summed E-state index contributed by atoms with van der Waals surface area (Å²) in [4.78, 5) is 5.35. The van der Waals surface area contributed by atoms with Crippen LogP contribution in [-0.4, -0.2) is 44.1 Å². The van der Waals surface area contributed by atoms with Gasteiger partial charge in [0, 0.05) is 49.1 Å². The number of aromatic nitrogens is 4. The van der Waals surface area contributed by atoms with Gasteiger partial charge >= 0.3 is 0 Å². The predicted molar refractivity (Wildman–Crippen MR) is 94.0 cm³/mol. The van der Waals surface area contributed by atoms with E-state index in [0.29, 0.717) is 24.7 Å². The first-order valence-corrected chi connectivity index (χ1v) is 8.77. The molecule has 0 spiro atoms. The summed E-state index contributed by atoms with van der Waals surface area (Å²) < 4.78 is 42.1. The number of nitrogens with one attached hydrogen (secondary N) is 1. The van der Waals surface area contributed by atoms with Gasteiger partial charge in [-0.2, -0.15) is 4.39 Å². The molecule has 138 valence electrons. The largest absolute Gasteiger partial charge is 0.361 e. The Kier molecular flexibility index (Phi) is 3.68. The van der Waals surface area contributed by atoms with E-state index in [9.17, 15) is 13.2 Å². The van der Waals surface area contributed by atoms with E-state index >= 15 is 0 Å². The smallest absolute Gasteiger partial charge is 0.201 e. The number of rotatable bonds is 4. The lowest BCUT2D eigenvalue weighted by Gasteiger charge is -2.39. The molecule has 5 rings (SSSR count). The fourth-order valence-electron chi connectivity index (χ4n) is 3.81. The number of pyridine rings is 1. The van der Waals surface area contributed by atoms with Gasteiger partial charge in [-0.05, 0) is 35.9 Å². The second kappa shape index (κ2) is 6.09. The minimum Gasteiger partial charge on any atom is -0.361 e. The molecule has 1 N–H and O–H groups in total. The molecule has 0 aliphatic carbocycles. The van der Waals surface area contributed by atoms with Crippen molar-refractivity contribution in [2.24, 2.45) is 0 Å². The lowest BCUT2D eigenvalue weighted by Crippen LogP contribution is -2.45. The molecule has 1 fully saturated rings. The summed E-state index contributed by atoms with van der Waals surface area (Å²) in [6.45, 7) is 2.40. The molecule has 0 unspecified atom stereocenters. The topological polar surface area (TPSA) is 49.2 Å². The monoisotopic (exact) mass is 371 g/mol. The molecule has 0 radical (unpaired) electrons. The summed E-state index contributed by atoms with van der Waals surface area (Å²) in [7, 11) is 0. The zero-order valence-electron chi connectivity index (χ0n) is 14.3. The second-order valence-electron chi connectivity index (χ2n) is 6.92. The zero-order chi connectivity index (χ0) is 18.5. The lowest BCUT2D eigenvalue weighted by molar-refractivity contribution is 0.150. The van der Waals surface area contributed by atoms with Gasteiger partial charge in [0.05, 0.1) is 0 Å². The summed E-state index contributed by atoms with van der Waals surface area (Å²) in [6.07, 6.45) is 2.42. The first-order chi connectivity index (χ1) is 13.1. The quantitative estimate of drug-likeness (QED) is 0.560. The fourth-order valence-corrected chi connectivity index (χ4v) is 3.81. The van der Waals surface area contributed by atoms with Crippen LogP contribution in [-0.2, 0) is 6.42 Å². The number of hydrogen-bond acceptors (Lipinski definition) is 3. The number of likely N-dealkylation sites (tertiary alicyclic amines) is 1. The molecule has 0 saturated carbocycles. The molecule has 0 atom stereocenters. The van der Waals surface area contributed by atoms with Crippen LogP contribution < -0.4 is 0 Å². The van der Waals surface area contributed by atoms with E-state index < -0.39 is 11.8 Å². The summed E-state index contributed by atoms with van der Waals surface area (Å²) in [5.41, 5.74) is 1.90. The highest BCUT2D eigenvalue weighted by Crippen LogP contribution is 2.32. The number of nitrogens with zero attached hydrogens (tertiary/aromatic N) is 4. The van der Waals surface area contributed by atoms with Crippen molar-refractivity contribution in [2.75, 3.05) is 19.6 Å². The van der Waals surface area contributed by atoms with Gasteiger partial charge in [-0.15, -0.1) is 10.2 Å². The Bertz CT molecular complexity index is 1140. The van der Waals surface area contributed by atoms with Crippen molar-refractivity contribution in [3.8, 4) is 0 Å². The lowest BCUT2D eigenvalue weighted by atomic mass is 9.91. The first kappa shape index (κ1) is 16.3. The average molecular weight is 371 g/mol. The van der Waals surface area contributed by atoms with Gasteiger partial charge in [-0.3, -0.25) is 4.40 Å². The molecular weight excluding hydrogens is 355 g/mol. The van der Waals surface area contributed by atoms with Crippen LogP contribution in [0.1, 0.15) is 17.3 Å². The van der Waals surface area contributed by atoms with Gasteiger partial charge in [-0.25, -0.2) is 8.78 Å². The van der Waals surface area contributed by atoms with Crippen LogP contribution in [0.5, 0.6) is 0 Å². The summed E-state index contributed by atoms with van der Waals surface area (Å²) in [5.74, 6) is -0.634. The molecule has 0 bridgehead atoms. The number of aromatic amines is 1. The predicted octanol–water partition coefficient (Wildman–Crippen LogP) is 3.27. The van der Waals surface area contributed by atoms with Crippen LogP contribution in [0.25, 0.3) is 16.6 Å². The van der Waals surface area contributed by atoms with Crippen LogP contribution in [0, 0.1) is 17.6 Å². The summed E-state index contributed by atoms with van der Waals surface area (Å²) >= 11 is 0. The van der Waals surface area contributed by atoms with Crippen LogP contribution >= 0.6 is 0 Å². The molecule has 3 aromatic heterocycles. The molecule has 1 aromatic carbocycles. The highest BCUT2D eigenvalue weighted by Gasteiger charge is 2.30. The molecule has 1 aliphatic rings. The van der Waals surface area contributed by atoms with Crippen molar-refractivity contribution in [3.05, 3.63) is 65.5 Å². The van der Waals surface area contributed by atoms with Crippen LogP contribution in [0.4, 0.5) is 13.2 Å². The molecule has 1 saturated heterocycles. The standard InChI is InChI=1S/C19H16F3N5/c20-12-1-2-13-14(8-23-16(13)7-12)11-9-26(10-11)6-5-18-24-25-19-15(21)3-4-17(22)27(18)19/h1-4,7-8,11,23H,5-6,9-10H2. The van der Waals surface area contributed by atoms with Crippen LogP contribution in [0.2, 0.25) is 0 Å². The third kappa shape index (κ3) is 2.68. The molecule has 4 aromatic rings. The van der Waals surface area contributed by atoms with Crippen molar-refractivity contribution >= 4 is 16.6 Å². The van der Waals surface area contributed by atoms with Gasteiger partial charge < -0.3 is 9.88 Å². The maximum absolute atomic E-state index is 14.0. The molecule has 8 heteroatoms. The number of hydrogen-bond donors (Lipinski definition) is 1. The minimum absolute atomic E-state index is 0.0856. The summed E-state index contributed by atoms with van der Waals surface area (Å²) in [6, 6.07) is 6.91. The Morgan fingerprint density at radius 1 is 1.07 bits per heavy atom. The Labute approximate surface area is 152 Å².